The van der Waals surface area contributed by atoms with Gasteiger partial charge in [-0.2, -0.15) is 13.9 Å². The van der Waals surface area contributed by atoms with Crippen molar-refractivity contribution in [2.75, 3.05) is 25.4 Å². The van der Waals surface area contributed by atoms with Gasteiger partial charge in [0.1, 0.15) is 36.5 Å². The Morgan fingerprint density at radius 2 is 2.13 bits per heavy atom. The van der Waals surface area contributed by atoms with Gasteiger partial charge >= 0.3 is 5.97 Å². The molecule has 2 aliphatic heterocycles. The first kappa shape index (κ1) is 32.7. The van der Waals surface area contributed by atoms with Crippen LogP contribution in [0, 0.1) is 5.92 Å². The Bertz CT molecular complexity index is 1750. The van der Waals surface area contributed by atoms with Crippen molar-refractivity contribution in [1.29, 1.82) is 0 Å². The minimum atomic E-state index is -5.26. The third kappa shape index (κ3) is 7.39. The third-order valence-corrected chi connectivity index (χ3v) is 8.06. The fourth-order valence-corrected chi connectivity index (χ4v) is 5.47. The molecule has 2 saturated heterocycles. The number of amides is 2. The molecular weight excluding hydrogens is 650 g/mol. The zero-order valence-electron chi connectivity index (χ0n) is 24.3. The topological polar surface area (TPSA) is 257 Å². The van der Waals surface area contributed by atoms with Crippen molar-refractivity contribution < 1.29 is 50.9 Å². The van der Waals surface area contributed by atoms with Crippen LogP contribution in [-0.4, -0.2) is 98.6 Å². The van der Waals surface area contributed by atoms with Gasteiger partial charge in [-0.15, -0.1) is 11.3 Å². The first-order valence-electron chi connectivity index (χ1n) is 13.6. The Labute approximate surface area is 265 Å². The van der Waals surface area contributed by atoms with Crippen LogP contribution in [0.4, 0.5) is 5.13 Å². The van der Waals surface area contributed by atoms with E-state index in [-0.39, 0.29) is 16.6 Å². The number of hydrogen-bond acceptors (Lipinski definition) is 15. The average molecular weight is 680 g/mol. The second-order valence-electron chi connectivity index (χ2n) is 10.8. The van der Waals surface area contributed by atoms with E-state index in [0.717, 1.165) is 31.0 Å². The standard InChI is InChI=1S/C25H29N9O10S2/c1-25(2)20(22(36)34(25)44-46(39,40)41)30-21(35)19(16-12-45-24(26)29-16)31-43-17(23(37)38)11-42-15-3-4-18(28-9-15)33-6-5-32(13-33)10-14-7-27-8-14/h3-6,9,12-14,17,20,27H,7-8,10-11H2,1-2H3,(H4-,26,29,30,35,37,38,39,40,41)/b31-19-/t17?,20-/m1/s1. The van der Waals surface area contributed by atoms with E-state index in [4.69, 9.17) is 15.3 Å². The number of nitrogens with one attached hydrogen (secondary N) is 2. The van der Waals surface area contributed by atoms with Gasteiger partial charge in [0.25, 0.3) is 17.9 Å². The lowest BCUT2D eigenvalue weighted by atomic mass is 9.84. The van der Waals surface area contributed by atoms with Crippen molar-refractivity contribution in [2.24, 2.45) is 11.1 Å². The van der Waals surface area contributed by atoms with E-state index in [1.807, 2.05) is 23.3 Å². The summed E-state index contributed by atoms with van der Waals surface area (Å²) in [5, 5.41) is 20.7. The summed E-state index contributed by atoms with van der Waals surface area (Å²) < 4.78 is 46.5. The smallest absolute Gasteiger partial charge is 0.351 e. The van der Waals surface area contributed by atoms with Crippen LogP contribution >= 0.6 is 11.3 Å². The zero-order valence-corrected chi connectivity index (χ0v) is 25.9. The van der Waals surface area contributed by atoms with Crippen LogP contribution in [0.15, 0.2) is 47.6 Å². The maximum absolute atomic E-state index is 13.2. The van der Waals surface area contributed by atoms with Gasteiger partial charge in [0.05, 0.1) is 18.3 Å². The molecule has 0 radical (unpaired) electrons. The number of carboxylic acid groups (broad SMARTS) is 1. The SMILES string of the molecule is CC1(C)[C@H](NC(=O)/C(=N\OC(COc2ccc(-n3cc[n+](CC4CNC4)c3)nc2)C(=O)O)c2csc(N)n2)C(=O)N1OS(=O)(=O)[O-]. The predicted octanol–water partition coefficient (Wildman–Crippen LogP) is -1.83. The first-order chi connectivity index (χ1) is 21.7. The number of ether oxygens (including phenoxy) is 1. The highest BCUT2D eigenvalue weighted by molar-refractivity contribution is 7.80. The normalized spacial score (nSPS) is 18.8. The molecule has 0 saturated carbocycles. The molecule has 0 aliphatic carbocycles. The lowest BCUT2D eigenvalue weighted by Gasteiger charge is -2.51. The molecule has 2 atom stereocenters. The summed E-state index contributed by atoms with van der Waals surface area (Å²) in [4.78, 5) is 51.1. The molecule has 246 valence electrons. The van der Waals surface area contributed by atoms with Crippen LogP contribution in [-0.2, 0) is 40.4 Å². The molecule has 19 nitrogen and oxygen atoms in total. The molecular formula is C25H29N9O10S2. The van der Waals surface area contributed by atoms with Gasteiger partial charge in [-0.3, -0.25) is 9.59 Å². The van der Waals surface area contributed by atoms with Gasteiger partial charge in [-0.25, -0.2) is 27.7 Å². The predicted molar refractivity (Wildman–Crippen MR) is 155 cm³/mol. The first-order valence-corrected chi connectivity index (χ1v) is 15.8. The molecule has 0 spiro atoms. The van der Waals surface area contributed by atoms with Crippen molar-refractivity contribution in [1.82, 2.24) is 30.2 Å². The van der Waals surface area contributed by atoms with Gasteiger partial charge in [-0.1, -0.05) is 5.16 Å². The number of β-lactam (4-membered cyclic amide) rings is 1. The maximum atomic E-state index is 13.2. The molecule has 2 aliphatic rings. The summed E-state index contributed by atoms with van der Waals surface area (Å²) in [6, 6.07) is 1.94. The quantitative estimate of drug-likeness (QED) is 0.0365. The second kappa shape index (κ2) is 13.0. The fourth-order valence-electron chi connectivity index (χ4n) is 4.48. The number of carbonyl (C=O) groups is 3. The largest absolute Gasteiger partial charge is 0.724 e. The van der Waals surface area contributed by atoms with Crippen LogP contribution < -0.4 is 25.7 Å². The van der Waals surface area contributed by atoms with Crippen molar-refractivity contribution in [3.05, 3.63) is 48.1 Å². The van der Waals surface area contributed by atoms with E-state index in [2.05, 4.69) is 34.6 Å². The highest BCUT2D eigenvalue weighted by atomic mass is 32.3. The summed E-state index contributed by atoms with van der Waals surface area (Å²) in [5.74, 6) is -2.10. The number of imidazole rings is 1. The van der Waals surface area contributed by atoms with E-state index in [0.29, 0.717) is 16.8 Å². The summed E-state index contributed by atoms with van der Waals surface area (Å²) >= 11 is 0.951. The van der Waals surface area contributed by atoms with Gasteiger partial charge in [0.15, 0.2) is 10.8 Å². The number of nitrogens with zero attached hydrogens (tertiary/aromatic N) is 6. The third-order valence-electron chi connectivity index (χ3n) is 7.06. The summed E-state index contributed by atoms with van der Waals surface area (Å²) in [5.41, 5.74) is 3.58. The van der Waals surface area contributed by atoms with E-state index >= 15 is 0 Å². The number of aromatic nitrogens is 4. The number of rotatable bonds is 14. The number of carboxylic acids is 1. The highest BCUT2D eigenvalue weighted by Crippen LogP contribution is 2.33. The number of thiazole rings is 1. The lowest BCUT2D eigenvalue weighted by molar-refractivity contribution is -0.703. The Morgan fingerprint density at radius 1 is 1.37 bits per heavy atom. The van der Waals surface area contributed by atoms with Crippen molar-refractivity contribution in [2.45, 2.75) is 38.1 Å². The van der Waals surface area contributed by atoms with Crippen LogP contribution in [0.1, 0.15) is 19.5 Å². The van der Waals surface area contributed by atoms with Gasteiger partial charge in [-0.05, 0) is 19.9 Å². The number of aliphatic carboxylic acids is 1. The van der Waals surface area contributed by atoms with Gasteiger partial charge < -0.3 is 35.6 Å². The molecule has 3 aromatic rings. The number of nitrogen functional groups attached to an aromatic ring is 1. The molecule has 21 heteroatoms. The minimum Gasteiger partial charge on any atom is -0.724 e. The Kier molecular flexibility index (Phi) is 9.21. The zero-order chi connectivity index (χ0) is 33.2. The van der Waals surface area contributed by atoms with E-state index in [9.17, 15) is 32.5 Å². The number of carbonyl (C=O) groups excluding carboxylic acids is 2. The Hall–Kier alpha value is -4.70. The van der Waals surface area contributed by atoms with Crippen LogP contribution in [0.25, 0.3) is 5.82 Å². The van der Waals surface area contributed by atoms with Crippen LogP contribution in [0.2, 0.25) is 0 Å². The van der Waals surface area contributed by atoms with E-state index < -0.39 is 58.2 Å². The number of hydroxylamine groups is 2. The highest BCUT2D eigenvalue weighted by Gasteiger charge is 2.57. The number of pyridine rings is 1. The number of hydrogen-bond donors (Lipinski definition) is 4. The molecule has 1 unspecified atom stereocenters. The van der Waals surface area contributed by atoms with Crippen molar-refractivity contribution in [3.63, 3.8) is 0 Å². The molecule has 2 fully saturated rings. The molecule has 46 heavy (non-hydrogen) atoms. The van der Waals surface area contributed by atoms with Crippen LogP contribution in [0.3, 0.4) is 0 Å². The minimum absolute atomic E-state index is 0.0511. The molecule has 2 amide bonds. The average Bonchev–Trinajstić information content (AvgIpc) is 3.62. The molecule has 0 aromatic carbocycles. The number of anilines is 1. The molecule has 5 N–H and O–H groups in total. The fraction of sp³-hybridized carbons (Fsp3) is 0.400. The van der Waals surface area contributed by atoms with E-state index in [1.54, 1.807) is 12.1 Å². The molecule has 5 heterocycles. The van der Waals surface area contributed by atoms with E-state index in [1.165, 1.54) is 25.4 Å². The van der Waals surface area contributed by atoms with Gasteiger partial charge in [0.2, 0.25) is 22.5 Å². The van der Waals surface area contributed by atoms with Crippen molar-refractivity contribution >= 4 is 50.4 Å². The molecule has 5 rings (SSSR count). The van der Waals surface area contributed by atoms with Gasteiger partial charge in [0, 0.05) is 30.5 Å². The monoisotopic (exact) mass is 679 g/mol. The molecule has 0 bridgehead atoms. The maximum Gasteiger partial charge on any atom is 0.351 e. The number of nitrogens with two attached hydrogens (primary N) is 1. The second-order valence-corrected chi connectivity index (χ2v) is 12.7. The summed E-state index contributed by atoms with van der Waals surface area (Å²) in [6.45, 7) is 4.99. The summed E-state index contributed by atoms with van der Waals surface area (Å²) in [7, 11) is -5.26. The number of oxime groups is 1. The van der Waals surface area contributed by atoms with Crippen molar-refractivity contribution in [3.8, 4) is 11.6 Å². The Morgan fingerprint density at radius 3 is 2.70 bits per heavy atom. The van der Waals surface area contributed by atoms with Crippen LogP contribution in [0.5, 0.6) is 5.75 Å². The summed E-state index contributed by atoms with van der Waals surface area (Å²) in [6.07, 6.45) is 5.45. The lowest BCUT2D eigenvalue weighted by Crippen LogP contribution is -2.76. The molecule has 3 aromatic heterocycles. The Balaban J connectivity index is 1.23.